The van der Waals surface area contributed by atoms with Crippen molar-refractivity contribution in [2.45, 2.75) is 38.1 Å². The van der Waals surface area contributed by atoms with Crippen LogP contribution in [0.25, 0.3) is 10.7 Å². The zero-order valence-electron chi connectivity index (χ0n) is 11.0. The van der Waals surface area contributed by atoms with Gasteiger partial charge in [-0.3, -0.25) is 4.98 Å². The lowest BCUT2D eigenvalue weighted by atomic mass is 9.82. The Morgan fingerprint density at radius 1 is 1.42 bits per heavy atom. The molecule has 1 aliphatic carbocycles. The van der Waals surface area contributed by atoms with Gasteiger partial charge in [0, 0.05) is 18.7 Å². The van der Waals surface area contributed by atoms with E-state index >= 15 is 0 Å². The van der Waals surface area contributed by atoms with Gasteiger partial charge in [0.1, 0.15) is 0 Å². The van der Waals surface area contributed by atoms with Crippen molar-refractivity contribution in [2.24, 2.45) is 5.92 Å². The van der Waals surface area contributed by atoms with E-state index in [4.69, 9.17) is 4.52 Å². The molecular weight excluding hydrogens is 260 g/mol. The van der Waals surface area contributed by atoms with Gasteiger partial charge in [0.25, 0.3) is 0 Å². The molecule has 1 aliphatic rings. The Morgan fingerprint density at radius 2 is 2.32 bits per heavy atom. The van der Waals surface area contributed by atoms with E-state index in [0.29, 0.717) is 17.8 Å². The summed E-state index contributed by atoms with van der Waals surface area (Å²) >= 11 is 1.53. The summed E-state index contributed by atoms with van der Waals surface area (Å²) in [5.74, 6) is 2.01. The van der Waals surface area contributed by atoms with Crippen molar-refractivity contribution in [2.75, 3.05) is 7.05 Å². The van der Waals surface area contributed by atoms with Gasteiger partial charge in [0.15, 0.2) is 0 Å². The number of rotatable bonds is 4. The molecule has 3 rings (SSSR count). The number of nitrogens with zero attached hydrogens (tertiary/aromatic N) is 3. The predicted octanol–water partition coefficient (Wildman–Crippen LogP) is 2.51. The molecule has 102 valence electrons. The average molecular weight is 278 g/mol. The van der Waals surface area contributed by atoms with Crippen LogP contribution >= 0.6 is 11.3 Å². The lowest BCUT2D eigenvalue weighted by molar-refractivity contribution is 0.248. The van der Waals surface area contributed by atoms with E-state index in [0.717, 1.165) is 17.2 Å². The third-order valence-electron chi connectivity index (χ3n) is 3.84. The summed E-state index contributed by atoms with van der Waals surface area (Å²) in [6.45, 7) is 0. The van der Waals surface area contributed by atoms with E-state index in [-0.39, 0.29) is 0 Å². The van der Waals surface area contributed by atoms with Crippen molar-refractivity contribution < 1.29 is 4.52 Å². The molecule has 2 atom stereocenters. The molecule has 1 saturated carbocycles. The normalized spacial score (nSPS) is 23.6. The van der Waals surface area contributed by atoms with Crippen LogP contribution in [0, 0.1) is 5.92 Å². The molecule has 2 heterocycles. The number of thiazole rings is 1. The molecule has 0 bridgehead atoms. The Kier molecular flexibility index (Phi) is 3.89. The standard InChI is InChI=1S/C13H18N4OS/c1-14-10-5-3-2-4-9(10)6-12-16-13(17-18-12)11-7-15-8-19-11/h7-10,14H,2-6H2,1H3. The van der Waals surface area contributed by atoms with Crippen molar-refractivity contribution in [1.29, 1.82) is 0 Å². The summed E-state index contributed by atoms with van der Waals surface area (Å²) < 4.78 is 5.37. The highest BCUT2D eigenvalue weighted by Crippen LogP contribution is 2.28. The first-order chi connectivity index (χ1) is 9.36. The maximum atomic E-state index is 5.37. The molecular formula is C13H18N4OS. The van der Waals surface area contributed by atoms with Crippen molar-refractivity contribution in [3.63, 3.8) is 0 Å². The molecule has 0 aromatic carbocycles. The largest absolute Gasteiger partial charge is 0.339 e. The fraction of sp³-hybridized carbons (Fsp3) is 0.615. The monoisotopic (exact) mass is 278 g/mol. The third-order valence-corrected chi connectivity index (χ3v) is 4.61. The van der Waals surface area contributed by atoms with E-state index in [2.05, 4.69) is 20.4 Å². The van der Waals surface area contributed by atoms with Crippen LogP contribution in [0.4, 0.5) is 0 Å². The number of hydrogen-bond acceptors (Lipinski definition) is 6. The average Bonchev–Trinajstić information content (AvgIpc) is 3.09. The first kappa shape index (κ1) is 12.7. The molecule has 2 aromatic heterocycles. The Balaban J connectivity index is 1.69. The molecule has 6 heteroatoms. The first-order valence-electron chi connectivity index (χ1n) is 6.75. The fourth-order valence-corrected chi connectivity index (χ4v) is 3.37. The SMILES string of the molecule is CNC1CCCCC1Cc1nc(-c2cncs2)no1. The molecule has 0 spiro atoms. The van der Waals surface area contributed by atoms with Crippen LogP contribution in [0.2, 0.25) is 0 Å². The molecule has 5 nitrogen and oxygen atoms in total. The molecule has 0 amide bonds. The second-order valence-corrected chi connectivity index (χ2v) is 5.91. The van der Waals surface area contributed by atoms with Crippen LogP contribution in [0.3, 0.4) is 0 Å². The van der Waals surface area contributed by atoms with Gasteiger partial charge < -0.3 is 9.84 Å². The Labute approximate surface area is 116 Å². The topological polar surface area (TPSA) is 63.8 Å². The van der Waals surface area contributed by atoms with E-state index in [1.807, 2.05) is 7.05 Å². The molecule has 19 heavy (non-hydrogen) atoms. The summed E-state index contributed by atoms with van der Waals surface area (Å²) in [7, 11) is 2.04. The predicted molar refractivity (Wildman–Crippen MR) is 73.9 cm³/mol. The smallest absolute Gasteiger partial charge is 0.227 e. The lowest BCUT2D eigenvalue weighted by Crippen LogP contribution is -2.37. The van der Waals surface area contributed by atoms with Crippen LogP contribution in [0.15, 0.2) is 16.2 Å². The quantitative estimate of drug-likeness (QED) is 0.931. The van der Waals surface area contributed by atoms with E-state index in [1.165, 1.54) is 37.0 Å². The van der Waals surface area contributed by atoms with Crippen molar-refractivity contribution in [3.05, 3.63) is 17.6 Å². The van der Waals surface area contributed by atoms with Gasteiger partial charge in [-0.25, -0.2) is 0 Å². The Morgan fingerprint density at radius 3 is 3.11 bits per heavy atom. The second-order valence-electron chi connectivity index (χ2n) is 5.02. The minimum absolute atomic E-state index is 0.576. The maximum Gasteiger partial charge on any atom is 0.227 e. The maximum absolute atomic E-state index is 5.37. The van der Waals surface area contributed by atoms with Gasteiger partial charge in [-0.15, -0.1) is 11.3 Å². The van der Waals surface area contributed by atoms with E-state index < -0.39 is 0 Å². The number of nitrogens with one attached hydrogen (secondary N) is 1. The zero-order chi connectivity index (χ0) is 13.1. The molecule has 0 radical (unpaired) electrons. The zero-order valence-corrected chi connectivity index (χ0v) is 11.8. The molecule has 2 unspecified atom stereocenters. The molecule has 1 fully saturated rings. The summed E-state index contributed by atoms with van der Waals surface area (Å²) in [5, 5.41) is 7.45. The highest BCUT2D eigenvalue weighted by molar-refractivity contribution is 7.13. The molecule has 0 saturated heterocycles. The van der Waals surface area contributed by atoms with Gasteiger partial charge in [-0.05, 0) is 25.8 Å². The van der Waals surface area contributed by atoms with Crippen LogP contribution in [0.1, 0.15) is 31.6 Å². The highest BCUT2D eigenvalue weighted by Gasteiger charge is 2.26. The van der Waals surface area contributed by atoms with Crippen LogP contribution < -0.4 is 5.32 Å². The summed E-state index contributed by atoms with van der Waals surface area (Å²) in [5.41, 5.74) is 1.78. The summed E-state index contributed by atoms with van der Waals surface area (Å²) in [6, 6.07) is 0.576. The Hall–Kier alpha value is -1.27. The molecule has 2 aromatic rings. The van der Waals surface area contributed by atoms with Crippen LogP contribution in [-0.4, -0.2) is 28.2 Å². The summed E-state index contributed by atoms with van der Waals surface area (Å²) in [4.78, 5) is 9.48. The summed E-state index contributed by atoms with van der Waals surface area (Å²) in [6.07, 6.45) is 7.76. The first-order valence-corrected chi connectivity index (χ1v) is 7.63. The minimum atomic E-state index is 0.576. The van der Waals surface area contributed by atoms with Gasteiger partial charge in [-0.1, -0.05) is 18.0 Å². The highest BCUT2D eigenvalue weighted by atomic mass is 32.1. The van der Waals surface area contributed by atoms with Crippen LogP contribution in [-0.2, 0) is 6.42 Å². The van der Waals surface area contributed by atoms with Gasteiger partial charge in [-0.2, -0.15) is 4.98 Å². The van der Waals surface area contributed by atoms with Gasteiger partial charge in [0.05, 0.1) is 10.4 Å². The van der Waals surface area contributed by atoms with Gasteiger partial charge >= 0.3 is 0 Å². The van der Waals surface area contributed by atoms with E-state index in [1.54, 1.807) is 11.7 Å². The Bertz CT molecular complexity index is 510. The van der Waals surface area contributed by atoms with Crippen LogP contribution in [0.5, 0.6) is 0 Å². The second kappa shape index (κ2) is 5.79. The van der Waals surface area contributed by atoms with Gasteiger partial charge in [0.2, 0.25) is 11.7 Å². The third kappa shape index (κ3) is 2.84. The number of aromatic nitrogens is 3. The van der Waals surface area contributed by atoms with Crippen molar-refractivity contribution in [3.8, 4) is 10.7 Å². The fourth-order valence-electron chi connectivity index (χ4n) is 2.82. The molecule has 0 aliphatic heterocycles. The van der Waals surface area contributed by atoms with Crippen molar-refractivity contribution in [1.82, 2.24) is 20.4 Å². The van der Waals surface area contributed by atoms with E-state index in [9.17, 15) is 0 Å². The lowest BCUT2D eigenvalue weighted by Gasteiger charge is -2.30. The minimum Gasteiger partial charge on any atom is -0.339 e. The molecule has 1 N–H and O–H groups in total. The van der Waals surface area contributed by atoms with Crippen molar-refractivity contribution >= 4 is 11.3 Å². The number of hydrogen-bond donors (Lipinski definition) is 1.